The lowest BCUT2D eigenvalue weighted by atomic mass is 10.3. The number of nitrogens with one attached hydrogen (secondary N) is 1. The predicted molar refractivity (Wildman–Crippen MR) is 49.1 cm³/mol. The van der Waals surface area contributed by atoms with Crippen molar-refractivity contribution in [2.75, 3.05) is 13.7 Å². The summed E-state index contributed by atoms with van der Waals surface area (Å²) in [6.45, 7) is 3.98. The summed E-state index contributed by atoms with van der Waals surface area (Å²) in [5.74, 6) is -0.499. The fourth-order valence-electron chi connectivity index (χ4n) is 0.703. The van der Waals surface area contributed by atoms with Gasteiger partial charge >= 0.3 is 5.97 Å². The van der Waals surface area contributed by atoms with Crippen molar-refractivity contribution in [3.8, 4) is 0 Å². The van der Waals surface area contributed by atoms with Gasteiger partial charge in [-0.15, -0.1) is 0 Å². The number of ether oxygens (including phenoxy) is 1. The second kappa shape index (κ2) is 6.22. The molecule has 13 heavy (non-hydrogen) atoms. The Morgan fingerprint density at radius 2 is 2.00 bits per heavy atom. The topological polar surface area (TPSA) is 55.4 Å². The van der Waals surface area contributed by atoms with Crippen molar-refractivity contribution in [2.45, 2.75) is 20.3 Å². The number of carbonyl (C=O) groups is 2. The van der Waals surface area contributed by atoms with Crippen LogP contribution in [0.1, 0.15) is 20.3 Å². The maximum Gasteiger partial charge on any atom is 0.307 e. The minimum Gasteiger partial charge on any atom is -0.469 e. The van der Waals surface area contributed by atoms with Gasteiger partial charge < -0.3 is 10.1 Å². The monoisotopic (exact) mass is 185 g/mol. The summed E-state index contributed by atoms with van der Waals surface area (Å²) >= 11 is 0. The highest BCUT2D eigenvalue weighted by atomic mass is 16.5. The summed E-state index contributed by atoms with van der Waals surface area (Å²) in [7, 11) is 1.32. The Morgan fingerprint density at radius 1 is 1.38 bits per heavy atom. The minimum absolute atomic E-state index is 0.177. The molecule has 4 heteroatoms. The van der Waals surface area contributed by atoms with Gasteiger partial charge in [0.25, 0.3) is 0 Å². The van der Waals surface area contributed by atoms with Gasteiger partial charge in [-0.05, 0) is 13.8 Å². The summed E-state index contributed by atoms with van der Waals surface area (Å²) in [5, 5.41) is 2.56. The number of carbonyl (C=O) groups excluding carboxylic acids is 2. The molecule has 74 valence electrons. The number of methoxy groups -OCH3 is 1. The highest BCUT2D eigenvalue weighted by Crippen LogP contribution is 1.87. The number of amides is 1. The highest BCUT2D eigenvalue weighted by Gasteiger charge is 2.00. The lowest BCUT2D eigenvalue weighted by Crippen LogP contribution is -2.24. The number of allylic oxidation sites excluding steroid dienone is 1. The number of esters is 1. The van der Waals surface area contributed by atoms with E-state index in [9.17, 15) is 9.59 Å². The van der Waals surface area contributed by atoms with E-state index in [1.807, 2.05) is 13.8 Å². The molecule has 0 saturated carbocycles. The number of rotatable bonds is 4. The van der Waals surface area contributed by atoms with E-state index in [4.69, 9.17) is 0 Å². The lowest BCUT2D eigenvalue weighted by molar-refractivity contribution is -0.140. The van der Waals surface area contributed by atoms with Crippen LogP contribution in [0.4, 0.5) is 0 Å². The second-order valence-electron chi connectivity index (χ2n) is 2.84. The molecule has 0 aliphatic heterocycles. The fraction of sp³-hybridized carbons (Fsp3) is 0.556. The second-order valence-corrected chi connectivity index (χ2v) is 2.84. The van der Waals surface area contributed by atoms with E-state index >= 15 is 0 Å². The molecule has 0 saturated heterocycles. The highest BCUT2D eigenvalue weighted by molar-refractivity contribution is 5.88. The standard InChI is InChI=1S/C9H15NO3/c1-7(2)6-8(11)10-5-4-9(12)13-3/h6H,4-5H2,1-3H3,(H,10,11). The average Bonchev–Trinajstić information content (AvgIpc) is 2.02. The molecule has 1 N–H and O–H groups in total. The molecule has 4 nitrogen and oxygen atoms in total. The first kappa shape index (κ1) is 11.7. The van der Waals surface area contributed by atoms with Gasteiger partial charge in [-0.2, -0.15) is 0 Å². The Labute approximate surface area is 78.0 Å². The fourth-order valence-corrected chi connectivity index (χ4v) is 0.703. The van der Waals surface area contributed by atoms with Crippen molar-refractivity contribution in [1.29, 1.82) is 0 Å². The molecule has 0 aromatic heterocycles. The Morgan fingerprint density at radius 3 is 2.46 bits per heavy atom. The molecule has 0 heterocycles. The molecule has 0 atom stereocenters. The molecule has 0 radical (unpaired) electrons. The van der Waals surface area contributed by atoms with Gasteiger partial charge in [0.15, 0.2) is 0 Å². The van der Waals surface area contributed by atoms with Crippen molar-refractivity contribution in [1.82, 2.24) is 5.32 Å². The van der Waals surface area contributed by atoms with Gasteiger partial charge in [0.1, 0.15) is 0 Å². The van der Waals surface area contributed by atoms with E-state index in [-0.39, 0.29) is 18.3 Å². The van der Waals surface area contributed by atoms with Crippen LogP contribution < -0.4 is 5.32 Å². The van der Waals surface area contributed by atoms with Crippen LogP contribution in [0.3, 0.4) is 0 Å². The van der Waals surface area contributed by atoms with Crippen molar-refractivity contribution < 1.29 is 14.3 Å². The summed E-state index contributed by atoms with van der Waals surface area (Å²) < 4.78 is 4.41. The molecule has 0 fully saturated rings. The summed E-state index contributed by atoms with van der Waals surface area (Å²) in [5.41, 5.74) is 0.926. The zero-order valence-corrected chi connectivity index (χ0v) is 8.22. The third-order valence-corrected chi connectivity index (χ3v) is 1.28. The van der Waals surface area contributed by atoms with E-state index in [0.717, 1.165) is 5.57 Å². The largest absolute Gasteiger partial charge is 0.469 e. The Balaban J connectivity index is 3.60. The number of hydrogen-bond donors (Lipinski definition) is 1. The minimum atomic E-state index is -0.322. The Kier molecular flexibility index (Phi) is 5.59. The lowest BCUT2D eigenvalue weighted by Gasteiger charge is -2.00. The summed E-state index contributed by atoms with van der Waals surface area (Å²) in [6, 6.07) is 0. The maximum atomic E-state index is 11.0. The van der Waals surface area contributed by atoms with Crippen LogP contribution in [0.5, 0.6) is 0 Å². The van der Waals surface area contributed by atoms with Gasteiger partial charge in [-0.1, -0.05) is 5.57 Å². The smallest absolute Gasteiger partial charge is 0.307 e. The molecule has 1 amide bonds. The molecule has 0 bridgehead atoms. The molecule has 0 rings (SSSR count). The zero-order chi connectivity index (χ0) is 10.3. The molecule has 0 unspecified atom stereocenters. The van der Waals surface area contributed by atoms with E-state index in [1.54, 1.807) is 0 Å². The van der Waals surface area contributed by atoms with E-state index < -0.39 is 0 Å². The molecular weight excluding hydrogens is 170 g/mol. The first-order valence-electron chi connectivity index (χ1n) is 4.06. The predicted octanol–water partition coefficient (Wildman–Crippen LogP) is 0.632. The van der Waals surface area contributed by atoms with Crippen LogP contribution in [0.2, 0.25) is 0 Å². The van der Waals surface area contributed by atoms with Gasteiger partial charge in [0.05, 0.1) is 13.5 Å². The molecular formula is C9H15NO3. The van der Waals surface area contributed by atoms with E-state index in [2.05, 4.69) is 10.1 Å². The van der Waals surface area contributed by atoms with Gasteiger partial charge in [0, 0.05) is 12.6 Å². The third-order valence-electron chi connectivity index (χ3n) is 1.28. The Hall–Kier alpha value is -1.32. The molecule has 0 aliphatic rings. The molecule has 0 aliphatic carbocycles. The Bertz CT molecular complexity index is 217. The van der Waals surface area contributed by atoms with Gasteiger partial charge in [0.2, 0.25) is 5.91 Å². The van der Waals surface area contributed by atoms with Crippen LogP contribution >= 0.6 is 0 Å². The van der Waals surface area contributed by atoms with Crippen LogP contribution in [-0.2, 0) is 14.3 Å². The van der Waals surface area contributed by atoms with Crippen LogP contribution in [-0.4, -0.2) is 25.5 Å². The first-order valence-corrected chi connectivity index (χ1v) is 4.06. The average molecular weight is 185 g/mol. The van der Waals surface area contributed by atoms with Crippen molar-refractivity contribution in [3.05, 3.63) is 11.6 Å². The van der Waals surface area contributed by atoms with Crippen LogP contribution in [0.15, 0.2) is 11.6 Å². The van der Waals surface area contributed by atoms with Crippen LogP contribution in [0.25, 0.3) is 0 Å². The molecule has 0 aromatic carbocycles. The van der Waals surface area contributed by atoms with Crippen molar-refractivity contribution >= 4 is 11.9 Å². The first-order chi connectivity index (χ1) is 6.06. The van der Waals surface area contributed by atoms with Gasteiger partial charge in [-0.25, -0.2) is 0 Å². The SMILES string of the molecule is COC(=O)CCNC(=O)C=C(C)C. The van der Waals surface area contributed by atoms with Gasteiger partial charge in [-0.3, -0.25) is 9.59 Å². The number of hydrogen-bond acceptors (Lipinski definition) is 3. The van der Waals surface area contributed by atoms with Crippen molar-refractivity contribution in [2.24, 2.45) is 0 Å². The van der Waals surface area contributed by atoms with E-state index in [0.29, 0.717) is 6.54 Å². The zero-order valence-electron chi connectivity index (χ0n) is 8.22. The van der Waals surface area contributed by atoms with Crippen LogP contribution in [0, 0.1) is 0 Å². The summed E-state index contributed by atoms with van der Waals surface area (Å²) in [4.78, 5) is 21.6. The maximum absolute atomic E-state index is 11.0. The molecule has 0 spiro atoms. The van der Waals surface area contributed by atoms with E-state index in [1.165, 1.54) is 13.2 Å². The summed E-state index contributed by atoms with van der Waals surface area (Å²) in [6.07, 6.45) is 1.69. The third kappa shape index (κ3) is 7.05. The normalized spacial score (nSPS) is 8.85. The quantitative estimate of drug-likeness (QED) is 0.516. The van der Waals surface area contributed by atoms with Crippen molar-refractivity contribution in [3.63, 3.8) is 0 Å². The molecule has 0 aromatic rings.